The second kappa shape index (κ2) is 6.22. The normalized spacial score (nSPS) is 22.0. The van der Waals surface area contributed by atoms with Crippen LogP contribution in [-0.4, -0.2) is 33.9 Å². The first-order chi connectivity index (χ1) is 10.3. The average Bonchev–Trinajstić information content (AvgIpc) is 2.55. The van der Waals surface area contributed by atoms with Gasteiger partial charge in [0.1, 0.15) is 0 Å². The van der Waals surface area contributed by atoms with E-state index in [1.807, 2.05) is 12.3 Å². The Morgan fingerprint density at radius 2 is 2.19 bits per heavy atom. The van der Waals surface area contributed by atoms with Gasteiger partial charge in [0.05, 0.1) is 11.2 Å². The summed E-state index contributed by atoms with van der Waals surface area (Å²) in [6, 6.07) is 10.4. The van der Waals surface area contributed by atoms with Gasteiger partial charge in [-0.1, -0.05) is 30.3 Å². The second-order valence-electron chi connectivity index (χ2n) is 5.67. The summed E-state index contributed by atoms with van der Waals surface area (Å²) in [4.78, 5) is 6.87. The predicted molar refractivity (Wildman–Crippen MR) is 84.6 cm³/mol. The Morgan fingerprint density at radius 1 is 1.33 bits per heavy atom. The summed E-state index contributed by atoms with van der Waals surface area (Å²) in [7, 11) is 0. The molecule has 1 aliphatic rings. The number of pyridine rings is 1. The Hall–Kier alpha value is -1.94. The molecule has 1 atom stereocenters. The number of aromatic nitrogens is 1. The first-order valence-corrected chi connectivity index (χ1v) is 7.57. The van der Waals surface area contributed by atoms with Crippen molar-refractivity contribution in [2.75, 3.05) is 13.1 Å². The van der Waals surface area contributed by atoms with Gasteiger partial charge in [-0.05, 0) is 24.1 Å². The van der Waals surface area contributed by atoms with Crippen LogP contribution in [0.25, 0.3) is 10.9 Å². The van der Waals surface area contributed by atoms with Crippen molar-refractivity contribution in [2.45, 2.75) is 26.3 Å². The zero-order valence-corrected chi connectivity index (χ0v) is 12.4. The molecule has 0 saturated carbocycles. The van der Waals surface area contributed by atoms with Crippen molar-refractivity contribution in [1.82, 2.24) is 9.88 Å². The van der Waals surface area contributed by atoms with Crippen molar-refractivity contribution in [2.24, 2.45) is 11.1 Å². The molecule has 1 N–H and O–H groups in total. The predicted octanol–water partition coefficient (Wildman–Crippen LogP) is 3.30. The lowest BCUT2D eigenvalue weighted by Crippen LogP contribution is -2.40. The fourth-order valence-electron chi connectivity index (χ4n) is 3.16. The zero-order valence-electron chi connectivity index (χ0n) is 12.4. The zero-order chi connectivity index (χ0) is 14.7. The lowest BCUT2D eigenvalue weighted by Gasteiger charge is -2.33. The SMILES string of the molecule is CCC1CN(Cc2ccnc3ccccc23)CC/C1=N\O. The Morgan fingerprint density at radius 3 is 3.00 bits per heavy atom. The highest BCUT2D eigenvalue weighted by atomic mass is 16.4. The van der Waals surface area contributed by atoms with Gasteiger partial charge >= 0.3 is 0 Å². The molecule has 2 aromatic rings. The molecule has 1 saturated heterocycles. The highest BCUT2D eigenvalue weighted by Crippen LogP contribution is 2.22. The first-order valence-electron chi connectivity index (χ1n) is 7.57. The molecule has 0 spiro atoms. The van der Waals surface area contributed by atoms with E-state index in [0.29, 0.717) is 5.92 Å². The van der Waals surface area contributed by atoms with Gasteiger partial charge in [-0.25, -0.2) is 0 Å². The Bertz CT molecular complexity index is 648. The van der Waals surface area contributed by atoms with Gasteiger partial charge in [0.2, 0.25) is 0 Å². The van der Waals surface area contributed by atoms with Crippen LogP contribution >= 0.6 is 0 Å². The lowest BCUT2D eigenvalue weighted by atomic mass is 9.93. The van der Waals surface area contributed by atoms with E-state index in [0.717, 1.165) is 43.7 Å². The van der Waals surface area contributed by atoms with Crippen molar-refractivity contribution in [1.29, 1.82) is 0 Å². The van der Waals surface area contributed by atoms with Crippen LogP contribution in [0.5, 0.6) is 0 Å². The molecule has 110 valence electrons. The molecule has 4 heteroatoms. The molecule has 21 heavy (non-hydrogen) atoms. The van der Waals surface area contributed by atoms with E-state index >= 15 is 0 Å². The molecule has 4 nitrogen and oxygen atoms in total. The van der Waals surface area contributed by atoms with E-state index in [1.165, 1.54) is 10.9 Å². The molecule has 1 unspecified atom stereocenters. The molecule has 0 radical (unpaired) electrons. The standard InChI is InChI=1S/C17H21N3O/c1-2-13-11-20(10-8-16(13)19-21)12-14-7-9-18-17-6-4-3-5-15(14)17/h3-7,9,13,21H,2,8,10-12H2,1H3/b19-16+. The summed E-state index contributed by atoms with van der Waals surface area (Å²) in [5.41, 5.74) is 3.32. The van der Waals surface area contributed by atoms with Gasteiger partial charge in [-0.3, -0.25) is 9.88 Å². The number of likely N-dealkylation sites (tertiary alicyclic amines) is 1. The summed E-state index contributed by atoms with van der Waals surface area (Å²) >= 11 is 0. The summed E-state index contributed by atoms with van der Waals surface area (Å²) in [5, 5.41) is 13.8. The summed E-state index contributed by atoms with van der Waals surface area (Å²) in [6.45, 7) is 5.00. The number of para-hydroxylation sites is 1. The number of nitrogens with zero attached hydrogens (tertiary/aromatic N) is 3. The number of piperidine rings is 1. The van der Waals surface area contributed by atoms with E-state index in [-0.39, 0.29) is 0 Å². The summed E-state index contributed by atoms with van der Waals surface area (Å²) in [5.74, 6) is 0.372. The second-order valence-corrected chi connectivity index (χ2v) is 5.67. The molecule has 1 aromatic carbocycles. The van der Waals surface area contributed by atoms with Crippen LogP contribution in [0.3, 0.4) is 0 Å². The molecule has 3 rings (SSSR count). The molecular weight excluding hydrogens is 262 g/mol. The minimum Gasteiger partial charge on any atom is -0.411 e. The van der Waals surface area contributed by atoms with Gasteiger partial charge in [-0.15, -0.1) is 0 Å². The van der Waals surface area contributed by atoms with Crippen LogP contribution < -0.4 is 0 Å². The fourth-order valence-corrected chi connectivity index (χ4v) is 3.16. The van der Waals surface area contributed by atoms with Gasteiger partial charge in [0, 0.05) is 43.6 Å². The van der Waals surface area contributed by atoms with Crippen molar-refractivity contribution < 1.29 is 5.21 Å². The summed E-state index contributed by atoms with van der Waals surface area (Å²) in [6.07, 6.45) is 3.77. The van der Waals surface area contributed by atoms with Crippen LogP contribution in [0.1, 0.15) is 25.3 Å². The van der Waals surface area contributed by atoms with E-state index < -0.39 is 0 Å². The molecule has 1 fully saturated rings. The third kappa shape index (κ3) is 2.90. The first kappa shape index (κ1) is 14.0. The van der Waals surface area contributed by atoms with Gasteiger partial charge < -0.3 is 5.21 Å². The highest BCUT2D eigenvalue weighted by Gasteiger charge is 2.24. The van der Waals surface area contributed by atoms with Crippen LogP contribution in [0.15, 0.2) is 41.7 Å². The van der Waals surface area contributed by atoms with Crippen LogP contribution in [-0.2, 0) is 6.54 Å². The van der Waals surface area contributed by atoms with Crippen molar-refractivity contribution in [3.63, 3.8) is 0 Å². The minimum atomic E-state index is 0.372. The molecule has 0 amide bonds. The molecule has 1 aromatic heterocycles. The highest BCUT2D eigenvalue weighted by molar-refractivity contribution is 5.87. The maximum Gasteiger partial charge on any atom is 0.0705 e. The van der Waals surface area contributed by atoms with E-state index in [1.54, 1.807) is 0 Å². The lowest BCUT2D eigenvalue weighted by molar-refractivity contribution is 0.221. The molecule has 2 heterocycles. The van der Waals surface area contributed by atoms with Gasteiger partial charge in [0.25, 0.3) is 0 Å². The Kier molecular flexibility index (Phi) is 4.15. The van der Waals surface area contributed by atoms with E-state index in [2.05, 4.69) is 46.2 Å². The number of hydrogen-bond acceptors (Lipinski definition) is 4. The van der Waals surface area contributed by atoms with E-state index in [9.17, 15) is 0 Å². The van der Waals surface area contributed by atoms with Gasteiger partial charge in [-0.2, -0.15) is 0 Å². The van der Waals surface area contributed by atoms with Crippen LogP contribution in [0, 0.1) is 5.92 Å². The average molecular weight is 283 g/mol. The Balaban J connectivity index is 1.80. The number of hydrogen-bond donors (Lipinski definition) is 1. The van der Waals surface area contributed by atoms with Crippen LogP contribution in [0.4, 0.5) is 0 Å². The molecule has 0 aliphatic carbocycles. The number of fused-ring (bicyclic) bond motifs is 1. The van der Waals surface area contributed by atoms with Crippen LogP contribution in [0.2, 0.25) is 0 Å². The van der Waals surface area contributed by atoms with E-state index in [4.69, 9.17) is 5.21 Å². The number of oxime groups is 1. The van der Waals surface area contributed by atoms with Crippen molar-refractivity contribution in [3.05, 3.63) is 42.1 Å². The van der Waals surface area contributed by atoms with Gasteiger partial charge in [0.15, 0.2) is 0 Å². The van der Waals surface area contributed by atoms with Crippen molar-refractivity contribution in [3.8, 4) is 0 Å². The largest absolute Gasteiger partial charge is 0.411 e. The third-order valence-electron chi connectivity index (χ3n) is 4.39. The molecule has 1 aliphatic heterocycles. The molecule has 0 bridgehead atoms. The number of benzene rings is 1. The minimum absolute atomic E-state index is 0.372. The fraction of sp³-hybridized carbons (Fsp3) is 0.412. The quantitative estimate of drug-likeness (QED) is 0.694. The Labute approximate surface area is 125 Å². The van der Waals surface area contributed by atoms with Crippen molar-refractivity contribution >= 4 is 16.6 Å². The topological polar surface area (TPSA) is 48.7 Å². The summed E-state index contributed by atoms with van der Waals surface area (Å²) < 4.78 is 0. The molecular formula is C17H21N3O. The third-order valence-corrected chi connectivity index (χ3v) is 4.39. The maximum absolute atomic E-state index is 9.07. The smallest absolute Gasteiger partial charge is 0.0705 e. The monoisotopic (exact) mass is 283 g/mol. The number of rotatable bonds is 3. The maximum atomic E-state index is 9.07.